The molecule has 1 aliphatic rings. The summed E-state index contributed by atoms with van der Waals surface area (Å²) < 4.78 is 55.2. The molecule has 3 aromatic carbocycles. The maximum Gasteiger partial charge on any atom is 0.340 e. The Bertz CT molecular complexity index is 1530. The van der Waals surface area contributed by atoms with Gasteiger partial charge in [0.25, 0.3) is 0 Å². The van der Waals surface area contributed by atoms with Gasteiger partial charge in [-0.05, 0) is 42.0 Å². The molecule has 1 atom stereocenters. The van der Waals surface area contributed by atoms with E-state index in [0.717, 1.165) is 29.4 Å². The third-order valence-electron chi connectivity index (χ3n) is 5.40. The van der Waals surface area contributed by atoms with Gasteiger partial charge in [0.15, 0.2) is 9.84 Å². The van der Waals surface area contributed by atoms with Gasteiger partial charge in [-0.3, -0.25) is 5.10 Å². The molecule has 0 saturated carbocycles. The molecule has 5 rings (SSSR count). The molecular formula is C22H19N3O5S2. The molecule has 2 heterocycles. The van der Waals surface area contributed by atoms with Crippen molar-refractivity contribution in [3.63, 3.8) is 0 Å². The standard InChI is InChI=1S/C22H19N3O5S2/c1-31(26,27)20-8-4-5-9-21(20)32(28,29)30-15-10-11-18-16(13-15)22(25-24-18)19-12-14-6-2-3-7-17(14)23-19/h2-11,13,19,23H,12H2,1H3,(H,24,25). The minimum atomic E-state index is -4.38. The number of nitrogens with one attached hydrogen (secondary N) is 2. The number of H-pyrrole nitrogens is 1. The summed E-state index contributed by atoms with van der Waals surface area (Å²) in [7, 11) is -8.14. The number of hydrogen-bond acceptors (Lipinski definition) is 7. The van der Waals surface area contributed by atoms with E-state index >= 15 is 0 Å². The van der Waals surface area contributed by atoms with Crippen molar-refractivity contribution in [2.45, 2.75) is 22.3 Å². The van der Waals surface area contributed by atoms with E-state index in [-0.39, 0.29) is 16.7 Å². The fraction of sp³-hybridized carbons (Fsp3) is 0.136. The molecule has 4 aromatic rings. The van der Waals surface area contributed by atoms with Gasteiger partial charge in [-0.1, -0.05) is 30.3 Å². The fourth-order valence-corrected chi connectivity index (χ4v) is 6.46. The molecule has 1 unspecified atom stereocenters. The first-order valence-corrected chi connectivity index (χ1v) is 13.1. The number of fused-ring (bicyclic) bond motifs is 2. The average Bonchev–Trinajstić information content (AvgIpc) is 3.36. The van der Waals surface area contributed by atoms with Gasteiger partial charge in [-0.15, -0.1) is 0 Å². The lowest BCUT2D eigenvalue weighted by Gasteiger charge is -2.12. The Morgan fingerprint density at radius 3 is 2.41 bits per heavy atom. The predicted octanol–water partition coefficient (Wildman–Crippen LogP) is 3.44. The average molecular weight is 470 g/mol. The van der Waals surface area contributed by atoms with Crippen molar-refractivity contribution in [1.82, 2.24) is 10.2 Å². The summed E-state index contributed by atoms with van der Waals surface area (Å²) in [5.74, 6) is 0.0685. The van der Waals surface area contributed by atoms with Crippen LogP contribution in [0, 0.1) is 0 Å². The van der Waals surface area contributed by atoms with Crippen LogP contribution in [0.15, 0.2) is 76.5 Å². The van der Waals surface area contributed by atoms with Gasteiger partial charge in [0.05, 0.1) is 22.1 Å². The number of anilines is 1. The van der Waals surface area contributed by atoms with Crippen LogP contribution in [0.2, 0.25) is 0 Å². The molecule has 8 nitrogen and oxygen atoms in total. The SMILES string of the molecule is CS(=O)(=O)c1ccccc1S(=O)(=O)Oc1ccc2n[nH]c(C3Cc4ccccc4N3)c2c1. The highest BCUT2D eigenvalue weighted by atomic mass is 32.2. The lowest BCUT2D eigenvalue weighted by molar-refractivity contribution is 0.483. The molecule has 32 heavy (non-hydrogen) atoms. The van der Waals surface area contributed by atoms with Gasteiger partial charge in [0.2, 0.25) is 0 Å². The van der Waals surface area contributed by atoms with Crippen LogP contribution < -0.4 is 9.50 Å². The summed E-state index contributed by atoms with van der Waals surface area (Å²) in [5, 5.41) is 11.5. The molecule has 0 saturated heterocycles. The monoisotopic (exact) mass is 469 g/mol. The highest BCUT2D eigenvalue weighted by molar-refractivity contribution is 7.92. The van der Waals surface area contributed by atoms with Gasteiger partial charge < -0.3 is 9.50 Å². The molecule has 0 spiro atoms. The first-order chi connectivity index (χ1) is 15.2. The second-order valence-corrected chi connectivity index (χ2v) is 11.1. The Kier molecular flexibility index (Phi) is 4.72. The van der Waals surface area contributed by atoms with E-state index in [9.17, 15) is 16.8 Å². The number of nitrogens with zero attached hydrogens (tertiary/aromatic N) is 1. The minimum absolute atomic E-state index is 0.0461. The quantitative estimate of drug-likeness (QED) is 0.430. The molecule has 0 aliphatic carbocycles. The predicted molar refractivity (Wildman–Crippen MR) is 120 cm³/mol. The largest absolute Gasteiger partial charge is 0.379 e. The molecule has 10 heteroatoms. The zero-order valence-corrected chi connectivity index (χ0v) is 18.6. The Morgan fingerprint density at radius 2 is 1.66 bits per heavy atom. The Morgan fingerprint density at radius 1 is 0.938 bits per heavy atom. The van der Waals surface area contributed by atoms with E-state index in [0.29, 0.717) is 5.52 Å². The Labute approximate surface area is 185 Å². The van der Waals surface area contributed by atoms with Gasteiger partial charge in [0.1, 0.15) is 10.6 Å². The van der Waals surface area contributed by atoms with Crippen molar-refractivity contribution in [2.75, 3.05) is 11.6 Å². The summed E-state index contributed by atoms with van der Waals surface area (Å²) >= 11 is 0. The number of para-hydroxylation sites is 1. The maximum atomic E-state index is 12.9. The van der Waals surface area contributed by atoms with E-state index in [4.69, 9.17) is 4.18 Å². The molecule has 1 aliphatic heterocycles. The molecule has 1 aromatic heterocycles. The molecule has 0 fully saturated rings. The number of benzene rings is 3. The van der Waals surface area contributed by atoms with Crippen LogP contribution in [0.25, 0.3) is 10.9 Å². The first kappa shape index (κ1) is 20.5. The zero-order valence-electron chi connectivity index (χ0n) is 16.9. The third kappa shape index (κ3) is 3.61. The molecule has 2 N–H and O–H groups in total. The number of rotatable bonds is 5. The number of hydrogen-bond donors (Lipinski definition) is 2. The third-order valence-corrected chi connectivity index (χ3v) is 7.99. The summed E-state index contributed by atoms with van der Waals surface area (Å²) in [5.41, 5.74) is 3.72. The Hall–Kier alpha value is -3.37. The van der Waals surface area contributed by atoms with Crippen molar-refractivity contribution in [3.05, 3.63) is 78.0 Å². The first-order valence-electron chi connectivity index (χ1n) is 9.78. The van der Waals surface area contributed by atoms with Crippen LogP contribution in [0.3, 0.4) is 0 Å². The summed E-state index contributed by atoms with van der Waals surface area (Å²) in [6, 6.07) is 18.1. The van der Waals surface area contributed by atoms with Gasteiger partial charge >= 0.3 is 10.1 Å². The zero-order chi connectivity index (χ0) is 22.5. The van der Waals surface area contributed by atoms with E-state index in [1.807, 2.05) is 18.2 Å². The van der Waals surface area contributed by atoms with Crippen molar-refractivity contribution in [2.24, 2.45) is 0 Å². The van der Waals surface area contributed by atoms with Crippen LogP contribution in [0.5, 0.6) is 5.75 Å². The summed E-state index contributed by atoms with van der Waals surface area (Å²) in [6.45, 7) is 0. The molecule has 0 amide bonds. The van der Waals surface area contributed by atoms with Crippen LogP contribution in [0.4, 0.5) is 5.69 Å². The van der Waals surface area contributed by atoms with Crippen molar-refractivity contribution >= 4 is 36.5 Å². The van der Waals surface area contributed by atoms with Gasteiger partial charge in [0, 0.05) is 23.8 Å². The highest BCUT2D eigenvalue weighted by Gasteiger charge is 2.27. The van der Waals surface area contributed by atoms with E-state index in [2.05, 4.69) is 21.6 Å². The van der Waals surface area contributed by atoms with Crippen LogP contribution in [0.1, 0.15) is 17.3 Å². The van der Waals surface area contributed by atoms with Crippen molar-refractivity contribution in [1.29, 1.82) is 0 Å². The maximum absolute atomic E-state index is 12.9. The van der Waals surface area contributed by atoms with Crippen molar-refractivity contribution in [3.8, 4) is 5.75 Å². The van der Waals surface area contributed by atoms with Crippen LogP contribution >= 0.6 is 0 Å². The molecular weight excluding hydrogens is 450 g/mol. The normalized spacial score (nSPS) is 16.0. The summed E-state index contributed by atoms with van der Waals surface area (Å²) in [6.07, 6.45) is 1.72. The van der Waals surface area contributed by atoms with Crippen LogP contribution in [-0.2, 0) is 26.4 Å². The lowest BCUT2D eigenvalue weighted by atomic mass is 10.0. The number of aromatic amines is 1. The van der Waals surface area contributed by atoms with Gasteiger partial charge in [-0.2, -0.15) is 13.5 Å². The molecule has 0 radical (unpaired) electrons. The molecule has 0 bridgehead atoms. The second kappa shape index (κ2) is 7.35. The van der Waals surface area contributed by atoms with Gasteiger partial charge in [-0.25, -0.2) is 8.42 Å². The fourth-order valence-electron chi connectivity index (χ4n) is 3.93. The number of sulfone groups is 1. The van der Waals surface area contributed by atoms with Crippen LogP contribution in [-0.4, -0.2) is 33.3 Å². The van der Waals surface area contributed by atoms with E-state index in [1.165, 1.54) is 35.9 Å². The van der Waals surface area contributed by atoms with E-state index in [1.54, 1.807) is 12.1 Å². The smallest absolute Gasteiger partial charge is 0.340 e. The second-order valence-electron chi connectivity index (χ2n) is 7.63. The minimum Gasteiger partial charge on any atom is -0.379 e. The summed E-state index contributed by atoms with van der Waals surface area (Å²) in [4.78, 5) is -0.707. The van der Waals surface area contributed by atoms with Crippen molar-refractivity contribution < 1.29 is 21.0 Å². The molecule has 164 valence electrons. The topological polar surface area (TPSA) is 118 Å². The Balaban J connectivity index is 1.50. The lowest BCUT2D eigenvalue weighted by Crippen LogP contribution is -2.14. The number of aromatic nitrogens is 2. The van der Waals surface area contributed by atoms with E-state index < -0.39 is 24.9 Å². The highest BCUT2D eigenvalue weighted by Crippen LogP contribution is 2.37.